The highest BCUT2D eigenvalue weighted by molar-refractivity contribution is 6.17. The Labute approximate surface area is 85.9 Å². The van der Waals surface area contributed by atoms with Gasteiger partial charge in [0.05, 0.1) is 14.2 Å². The molecule has 0 saturated heterocycles. The number of Topliss-reactive ketones (excluding diaryl/α,β-unsaturated/α-hetero) is 1. The fraction of sp³-hybridized carbons (Fsp3) is 0.200. The van der Waals surface area contributed by atoms with E-state index in [9.17, 15) is 9.59 Å². The lowest BCUT2D eigenvalue weighted by Crippen LogP contribution is -2.28. The molecular weight excluding hydrogens is 198 g/mol. The van der Waals surface area contributed by atoms with Gasteiger partial charge >= 0.3 is 5.91 Å². The molecule has 0 aliphatic carbocycles. The number of carbonyl (C=O) groups excluding carboxylic acids is 2. The summed E-state index contributed by atoms with van der Waals surface area (Å²) in [6.07, 6.45) is 1.51. The zero-order chi connectivity index (χ0) is 11.0. The van der Waals surface area contributed by atoms with Gasteiger partial charge in [-0.2, -0.15) is 0 Å². The second-order valence-corrected chi connectivity index (χ2v) is 2.96. The van der Waals surface area contributed by atoms with Gasteiger partial charge in [0.15, 0.2) is 0 Å². The zero-order valence-corrected chi connectivity index (χ0v) is 8.31. The van der Waals surface area contributed by atoms with E-state index in [-0.39, 0.29) is 23.0 Å². The van der Waals surface area contributed by atoms with Gasteiger partial charge in [-0.3, -0.25) is 14.2 Å². The summed E-state index contributed by atoms with van der Waals surface area (Å²) in [4.78, 5) is 23.6. The third kappa shape index (κ3) is 1.16. The summed E-state index contributed by atoms with van der Waals surface area (Å²) in [7, 11) is 2.66. The van der Waals surface area contributed by atoms with E-state index in [4.69, 9.17) is 9.47 Å². The van der Waals surface area contributed by atoms with Crippen molar-refractivity contribution in [3.63, 3.8) is 0 Å². The number of rotatable bonds is 2. The first-order valence-electron chi connectivity index (χ1n) is 4.29. The van der Waals surface area contributed by atoms with Gasteiger partial charge in [0, 0.05) is 6.20 Å². The first-order chi connectivity index (χ1) is 7.20. The van der Waals surface area contributed by atoms with Crippen LogP contribution in [-0.2, 0) is 9.47 Å². The van der Waals surface area contributed by atoms with Gasteiger partial charge < -0.3 is 9.47 Å². The van der Waals surface area contributed by atoms with Crippen LogP contribution in [0.1, 0.15) is 15.3 Å². The van der Waals surface area contributed by atoms with E-state index in [1.54, 1.807) is 12.1 Å². The van der Waals surface area contributed by atoms with Crippen molar-refractivity contribution >= 4 is 11.7 Å². The first kappa shape index (κ1) is 9.51. The van der Waals surface area contributed by atoms with E-state index in [1.165, 1.54) is 25.0 Å². The Morgan fingerprint density at radius 1 is 1.13 bits per heavy atom. The molecule has 0 atom stereocenters. The van der Waals surface area contributed by atoms with Crippen molar-refractivity contribution in [2.24, 2.45) is 0 Å². The van der Waals surface area contributed by atoms with Gasteiger partial charge in [-0.15, -0.1) is 0 Å². The first-order valence-corrected chi connectivity index (χ1v) is 4.29. The molecule has 0 amide bonds. The fourth-order valence-electron chi connectivity index (χ4n) is 1.53. The molecule has 0 aromatic carbocycles. The lowest BCUT2D eigenvalue weighted by molar-refractivity contribution is 0.0756. The normalized spacial score (nSPS) is 15.3. The van der Waals surface area contributed by atoms with Crippen LogP contribution in [0.4, 0.5) is 0 Å². The molecule has 15 heavy (non-hydrogen) atoms. The van der Waals surface area contributed by atoms with Gasteiger partial charge in [-0.25, -0.2) is 0 Å². The molecule has 0 saturated carbocycles. The van der Waals surface area contributed by atoms with Crippen LogP contribution in [0.2, 0.25) is 0 Å². The molecule has 0 spiro atoms. The lowest BCUT2D eigenvalue weighted by Gasteiger charge is -2.17. The molecule has 1 aromatic rings. The lowest BCUT2D eigenvalue weighted by atomic mass is 10.1. The van der Waals surface area contributed by atoms with E-state index >= 15 is 0 Å². The van der Waals surface area contributed by atoms with E-state index in [1.807, 2.05) is 0 Å². The molecule has 78 valence electrons. The fourth-order valence-corrected chi connectivity index (χ4v) is 1.53. The van der Waals surface area contributed by atoms with Crippen molar-refractivity contribution in [2.45, 2.75) is 0 Å². The van der Waals surface area contributed by atoms with Crippen molar-refractivity contribution < 1.29 is 19.1 Å². The van der Waals surface area contributed by atoms with Crippen molar-refractivity contribution in [3.8, 4) is 0 Å². The number of ether oxygens (including phenoxy) is 2. The largest absolute Gasteiger partial charge is 0.489 e. The summed E-state index contributed by atoms with van der Waals surface area (Å²) >= 11 is 0. The van der Waals surface area contributed by atoms with Gasteiger partial charge in [-0.1, -0.05) is 0 Å². The quantitative estimate of drug-likeness (QED) is 0.720. The van der Waals surface area contributed by atoms with Gasteiger partial charge in [0.1, 0.15) is 5.69 Å². The number of aromatic nitrogens is 1. The average molecular weight is 207 g/mol. The van der Waals surface area contributed by atoms with Crippen LogP contribution in [0.3, 0.4) is 0 Å². The molecule has 0 N–H and O–H groups in total. The Balaban J connectivity index is 2.64. The summed E-state index contributed by atoms with van der Waals surface area (Å²) in [6.45, 7) is 0. The second-order valence-electron chi connectivity index (χ2n) is 2.96. The second kappa shape index (κ2) is 3.27. The number of hydrogen-bond acceptors (Lipinski definition) is 4. The maximum Gasteiger partial charge on any atom is 0.301 e. The van der Waals surface area contributed by atoms with Crippen LogP contribution >= 0.6 is 0 Å². The monoisotopic (exact) mass is 207 g/mol. The highest BCUT2D eigenvalue weighted by atomic mass is 16.5. The van der Waals surface area contributed by atoms with Crippen LogP contribution < -0.4 is 0 Å². The van der Waals surface area contributed by atoms with Crippen molar-refractivity contribution in [3.05, 3.63) is 35.5 Å². The summed E-state index contributed by atoms with van der Waals surface area (Å²) in [5.74, 6) is -0.854. The standard InChI is InChI=1S/C10H9NO4/c1-14-8-7(12)6-4-3-5-11(6)10(13)9(8)15-2/h3-5H,1-2H3. The Kier molecular flexibility index (Phi) is 2.07. The molecule has 2 heterocycles. The molecule has 0 radical (unpaired) electrons. The van der Waals surface area contributed by atoms with E-state index in [2.05, 4.69) is 0 Å². The van der Waals surface area contributed by atoms with Crippen LogP contribution in [0, 0.1) is 0 Å². The van der Waals surface area contributed by atoms with E-state index in [0.717, 1.165) is 0 Å². The summed E-state index contributed by atoms with van der Waals surface area (Å²) in [5.41, 5.74) is 0.289. The van der Waals surface area contributed by atoms with Gasteiger partial charge in [0.25, 0.3) is 0 Å². The number of ketones is 1. The summed E-state index contributed by atoms with van der Waals surface area (Å²) in [6, 6.07) is 3.18. The number of hydrogen-bond donors (Lipinski definition) is 0. The zero-order valence-electron chi connectivity index (χ0n) is 8.31. The predicted octanol–water partition coefficient (Wildman–Crippen LogP) is 0.829. The van der Waals surface area contributed by atoms with Crippen molar-refractivity contribution in [1.29, 1.82) is 0 Å². The van der Waals surface area contributed by atoms with E-state index in [0.29, 0.717) is 0 Å². The third-order valence-electron chi connectivity index (χ3n) is 2.22. The minimum absolute atomic E-state index is 0.0475. The molecule has 1 aliphatic heterocycles. The number of carbonyl (C=O) groups is 2. The predicted molar refractivity (Wildman–Crippen MR) is 50.4 cm³/mol. The average Bonchev–Trinajstić information content (AvgIpc) is 2.72. The summed E-state index contributed by atoms with van der Waals surface area (Å²) in [5, 5.41) is 0. The molecule has 5 nitrogen and oxygen atoms in total. The van der Waals surface area contributed by atoms with Crippen molar-refractivity contribution in [1.82, 2.24) is 4.57 Å². The molecule has 1 aromatic heterocycles. The minimum atomic E-state index is -0.394. The Hall–Kier alpha value is -2.04. The molecular formula is C10H9NO4. The van der Waals surface area contributed by atoms with Crippen LogP contribution in [0.25, 0.3) is 0 Å². The van der Waals surface area contributed by atoms with Crippen molar-refractivity contribution in [2.75, 3.05) is 14.2 Å². The maximum atomic E-state index is 11.8. The highest BCUT2D eigenvalue weighted by Gasteiger charge is 2.33. The Morgan fingerprint density at radius 2 is 1.80 bits per heavy atom. The molecule has 1 aliphatic rings. The number of allylic oxidation sites excluding steroid dienone is 2. The number of nitrogens with zero attached hydrogens (tertiary/aromatic N) is 1. The highest BCUT2D eigenvalue weighted by Crippen LogP contribution is 2.22. The van der Waals surface area contributed by atoms with E-state index < -0.39 is 5.91 Å². The SMILES string of the molecule is COC1=C(OC)C(=O)n2cccc2C1=O. The topological polar surface area (TPSA) is 57.5 Å². The van der Waals surface area contributed by atoms with Crippen LogP contribution in [0.5, 0.6) is 0 Å². The minimum Gasteiger partial charge on any atom is -0.489 e. The molecule has 5 heteroatoms. The van der Waals surface area contributed by atoms with Crippen LogP contribution in [-0.4, -0.2) is 30.5 Å². The molecule has 0 fully saturated rings. The Morgan fingerprint density at radius 3 is 2.40 bits per heavy atom. The third-order valence-corrected chi connectivity index (χ3v) is 2.22. The van der Waals surface area contributed by atoms with Crippen LogP contribution in [0.15, 0.2) is 29.8 Å². The molecule has 2 rings (SSSR count). The maximum absolute atomic E-state index is 11.8. The molecule has 0 bridgehead atoms. The smallest absolute Gasteiger partial charge is 0.301 e. The Bertz CT molecular complexity index is 429. The number of methoxy groups -OCH3 is 2. The summed E-state index contributed by atoms with van der Waals surface area (Å²) < 4.78 is 11.0. The molecule has 0 unspecified atom stereocenters. The van der Waals surface area contributed by atoms with Gasteiger partial charge in [0.2, 0.25) is 17.3 Å². The van der Waals surface area contributed by atoms with Gasteiger partial charge in [-0.05, 0) is 12.1 Å². The number of fused-ring (bicyclic) bond motifs is 1.